The first-order chi connectivity index (χ1) is 6.74. The molecule has 1 aromatic carbocycles. The van der Waals surface area contributed by atoms with Crippen molar-refractivity contribution in [3.8, 4) is 6.07 Å². The summed E-state index contributed by atoms with van der Waals surface area (Å²) >= 11 is 8.26. The zero-order chi connectivity index (χ0) is 10.1. The van der Waals surface area contributed by atoms with Crippen LogP contribution in [0.3, 0.4) is 0 Å². The summed E-state index contributed by atoms with van der Waals surface area (Å²) in [5.74, 6) is 0. The Bertz CT molecular complexity index is 546. The molecular formula is C10H4ClIN2. The van der Waals surface area contributed by atoms with Gasteiger partial charge in [0.1, 0.15) is 6.07 Å². The molecule has 1 aromatic heterocycles. The van der Waals surface area contributed by atoms with Crippen molar-refractivity contribution in [2.75, 3.05) is 0 Å². The minimum Gasteiger partial charge on any atom is -0.255 e. The molecule has 0 aliphatic carbocycles. The Labute approximate surface area is 99.7 Å². The van der Waals surface area contributed by atoms with E-state index >= 15 is 0 Å². The van der Waals surface area contributed by atoms with Gasteiger partial charge in [-0.1, -0.05) is 17.7 Å². The number of halogens is 2. The second-order valence-electron chi connectivity index (χ2n) is 2.73. The average Bonchev–Trinajstić information content (AvgIpc) is 2.18. The summed E-state index contributed by atoms with van der Waals surface area (Å²) in [6.07, 6.45) is 1.50. The van der Waals surface area contributed by atoms with Gasteiger partial charge in [-0.05, 0) is 34.7 Å². The molecule has 0 amide bonds. The van der Waals surface area contributed by atoms with Crippen LogP contribution in [0.15, 0.2) is 24.4 Å². The van der Waals surface area contributed by atoms with Crippen molar-refractivity contribution in [1.29, 1.82) is 5.26 Å². The summed E-state index contributed by atoms with van der Waals surface area (Å²) in [5.41, 5.74) is 1.24. The first kappa shape index (κ1) is 9.69. The Balaban J connectivity index is 2.95. The monoisotopic (exact) mass is 314 g/mol. The molecule has 4 heteroatoms. The van der Waals surface area contributed by atoms with Crippen LogP contribution in [0.4, 0.5) is 0 Å². The molecule has 0 spiro atoms. The quantitative estimate of drug-likeness (QED) is 0.699. The van der Waals surface area contributed by atoms with E-state index < -0.39 is 0 Å². The SMILES string of the molecule is N#Cc1cnc2cccc(I)c2c1Cl. The van der Waals surface area contributed by atoms with E-state index in [2.05, 4.69) is 27.6 Å². The summed E-state index contributed by atoms with van der Waals surface area (Å²) in [4.78, 5) is 4.16. The third-order valence-electron chi connectivity index (χ3n) is 1.90. The highest BCUT2D eigenvalue weighted by Crippen LogP contribution is 2.28. The zero-order valence-corrected chi connectivity index (χ0v) is 9.87. The van der Waals surface area contributed by atoms with E-state index in [1.54, 1.807) is 0 Å². The van der Waals surface area contributed by atoms with Crippen molar-refractivity contribution in [1.82, 2.24) is 4.98 Å². The molecule has 2 aromatic rings. The number of hydrogen-bond acceptors (Lipinski definition) is 2. The summed E-state index contributed by atoms with van der Waals surface area (Å²) in [6.45, 7) is 0. The van der Waals surface area contributed by atoms with Gasteiger partial charge in [-0.25, -0.2) is 0 Å². The Morgan fingerprint density at radius 2 is 2.21 bits per heavy atom. The molecule has 0 aliphatic rings. The molecule has 2 nitrogen and oxygen atoms in total. The van der Waals surface area contributed by atoms with E-state index in [4.69, 9.17) is 16.9 Å². The molecule has 0 bridgehead atoms. The Hall–Kier alpha value is -0.860. The van der Waals surface area contributed by atoms with Gasteiger partial charge in [-0.15, -0.1) is 0 Å². The molecule has 2 rings (SSSR count). The summed E-state index contributed by atoms with van der Waals surface area (Å²) in [6, 6.07) is 7.75. The van der Waals surface area contributed by atoms with Gasteiger partial charge in [0.15, 0.2) is 0 Å². The van der Waals surface area contributed by atoms with Gasteiger partial charge >= 0.3 is 0 Å². The first-order valence-electron chi connectivity index (χ1n) is 3.87. The van der Waals surface area contributed by atoms with Crippen LogP contribution >= 0.6 is 34.2 Å². The third-order valence-corrected chi connectivity index (χ3v) is 3.19. The van der Waals surface area contributed by atoms with Crippen molar-refractivity contribution in [2.45, 2.75) is 0 Å². The van der Waals surface area contributed by atoms with Crippen molar-refractivity contribution in [2.24, 2.45) is 0 Å². The maximum Gasteiger partial charge on any atom is 0.102 e. The molecule has 0 saturated heterocycles. The fraction of sp³-hybridized carbons (Fsp3) is 0. The highest BCUT2D eigenvalue weighted by molar-refractivity contribution is 14.1. The minimum atomic E-state index is 0.420. The van der Waals surface area contributed by atoms with Crippen LogP contribution in [-0.2, 0) is 0 Å². The Morgan fingerprint density at radius 3 is 2.93 bits per heavy atom. The zero-order valence-electron chi connectivity index (χ0n) is 6.96. The van der Waals surface area contributed by atoms with Gasteiger partial charge in [-0.3, -0.25) is 4.98 Å². The van der Waals surface area contributed by atoms with Crippen molar-refractivity contribution >= 4 is 45.1 Å². The molecule has 0 unspecified atom stereocenters. The van der Waals surface area contributed by atoms with E-state index in [0.717, 1.165) is 14.5 Å². The lowest BCUT2D eigenvalue weighted by atomic mass is 10.2. The second-order valence-corrected chi connectivity index (χ2v) is 4.27. The summed E-state index contributed by atoms with van der Waals surface area (Å²) in [7, 11) is 0. The van der Waals surface area contributed by atoms with E-state index in [1.807, 2.05) is 24.3 Å². The van der Waals surface area contributed by atoms with E-state index in [1.165, 1.54) is 6.20 Å². The van der Waals surface area contributed by atoms with Gasteiger partial charge in [0.2, 0.25) is 0 Å². The van der Waals surface area contributed by atoms with Gasteiger partial charge in [0.25, 0.3) is 0 Å². The predicted molar refractivity (Wildman–Crippen MR) is 64.2 cm³/mol. The molecule has 0 fully saturated rings. The minimum absolute atomic E-state index is 0.420. The van der Waals surface area contributed by atoms with E-state index in [9.17, 15) is 0 Å². The van der Waals surface area contributed by atoms with Crippen LogP contribution in [0.25, 0.3) is 10.9 Å². The number of fused-ring (bicyclic) bond motifs is 1. The van der Waals surface area contributed by atoms with E-state index in [0.29, 0.717) is 10.6 Å². The lowest BCUT2D eigenvalue weighted by Crippen LogP contribution is -1.87. The predicted octanol–water partition coefficient (Wildman–Crippen LogP) is 3.36. The standard InChI is InChI=1S/C10H4ClIN2/c11-10-6(4-13)5-14-8-3-1-2-7(12)9(8)10/h1-3,5H. The van der Waals surface area contributed by atoms with Crippen molar-refractivity contribution in [3.05, 3.63) is 38.6 Å². The van der Waals surface area contributed by atoms with Crippen LogP contribution in [0.2, 0.25) is 5.02 Å². The number of hydrogen-bond donors (Lipinski definition) is 0. The largest absolute Gasteiger partial charge is 0.255 e. The third kappa shape index (κ3) is 1.45. The molecule has 0 radical (unpaired) electrons. The highest BCUT2D eigenvalue weighted by atomic mass is 127. The summed E-state index contributed by atoms with van der Waals surface area (Å²) in [5, 5.41) is 10.1. The fourth-order valence-corrected chi connectivity index (χ4v) is 2.44. The molecule has 68 valence electrons. The smallest absolute Gasteiger partial charge is 0.102 e. The highest BCUT2D eigenvalue weighted by Gasteiger charge is 2.08. The van der Waals surface area contributed by atoms with Crippen LogP contribution in [0, 0.1) is 14.9 Å². The van der Waals surface area contributed by atoms with Crippen LogP contribution < -0.4 is 0 Å². The second kappa shape index (κ2) is 3.71. The number of aromatic nitrogens is 1. The Kier molecular flexibility index (Phi) is 2.57. The molecule has 0 N–H and O–H groups in total. The van der Waals surface area contributed by atoms with Gasteiger partial charge < -0.3 is 0 Å². The van der Waals surface area contributed by atoms with Gasteiger partial charge in [0, 0.05) is 15.2 Å². The normalized spacial score (nSPS) is 10.1. The van der Waals surface area contributed by atoms with Crippen molar-refractivity contribution < 1.29 is 0 Å². The maximum absolute atomic E-state index is 8.79. The first-order valence-corrected chi connectivity index (χ1v) is 5.32. The molecular weight excluding hydrogens is 310 g/mol. The van der Waals surface area contributed by atoms with Gasteiger partial charge in [-0.2, -0.15) is 5.26 Å². The number of nitriles is 1. The molecule has 0 atom stereocenters. The summed E-state index contributed by atoms with van der Waals surface area (Å²) < 4.78 is 1.01. The number of benzene rings is 1. The molecule has 14 heavy (non-hydrogen) atoms. The lowest BCUT2D eigenvalue weighted by Gasteiger charge is -2.02. The van der Waals surface area contributed by atoms with E-state index in [-0.39, 0.29) is 0 Å². The average molecular weight is 315 g/mol. The van der Waals surface area contributed by atoms with Crippen LogP contribution in [0.1, 0.15) is 5.56 Å². The number of nitrogens with zero attached hydrogens (tertiary/aromatic N) is 2. The lowest BCUT2D eigenvalue weighted by molar-refractivity contribution is 1.37. The topological polar surface area (TPSA) is 36.7 Å². The van der Waals surface area contributed by atoms with Crippen molar-refractivity contribution in [3.63, 3.8) is 0 Å². The number of pyridine rings is 1. The molecule has 0 saturated carbocycles. The van der Waals surface area contributed by atoms with Crippen LogP contribution in [0.5, 0.6) is 0 Å². The fourth-order valence-electron chi connectivity index (χ4n) is 1.24. The number of rotatable bonds is 0. The molecule has 0 aliphatic heterocycles. The Morgan fingerprint density at radius 1 is 1.43 bits per heavy atom. The van der Waals surface area contributed by atoms with Gasteiger partial charge in [0.05, 0.1) is 16.1 Å². The maximum atomic E-state index is 8.79. The van der Waals surface area contributed by atoms with Crippen LogP contribution in [-0.4, -0.2) is 4.98 Å². The molecule has 1 heterocycles.